The lowest BCUT2D eigenvalue weighted by atomic mass is 10.3. The van der Waals surface area contributed by atoms with Crippen LogP contribution in [0.15, 0.2) is 18.3 Å². The van der Waals surface area contributed by atoms with E-state index in [1.54, 1.807) is 19.4 Å². The van der Waals surface area contributed by atoms with Crippen LogP contribution in [0.1, 0.15) is 0 Å². The zero-order valence-electron chi connectivity index (χ0n) is 9.46. The first-order valence-electron chi connectivity index (χ1n) is 5.41. The van der Waals surface area contributed by atoms with Crippen molar-refractivity contribution >= 4 is 5.69 Å². The fraction of sp³-hybridized carbons (Fsp3) is 0.545. The largest absolute Gasteiger partial charge is 0.493 e. The Morgan fingerprint density at radius 3 is 2.75 bits per heavy atom. The second-order valence-corrected chi connectivity index (χ2v) is 3.90. The lowest BCUT2D eigenvalue weighted by Gasteiger charge is -2.35. The van der Waals surface area contributed by atoms with Gasteiger partial charge in [0, 0.05) is 51.2 Å². The number of anilines is 1. The zero-order valence-corrected chi connectivity index (χ0v) is 9.46. The monoisotopic (exact) mass is 223 g/mol. The van der Waals surface area contributed by atoms with Crippen molar-refractivity contribution in [1.82, 2.24) is 9.88 Å². The van der Waals surface area contributed by atoms with Crippen LogP contribution < -0.4 is 4.90 Å². The van der Waals surface area contributed by atoms with Crippen molar-refractivity contribution in [3.63, 3.8) is 0 Å². The molecule has 0 aliphatic carbocycles. The lowest BCUT2D eigenvalue weighted by Crippen LogP contribution is -2.46. The number of pyridine rings is 1. The van der Waals surface area contributed by atoms with E-state index < -0.39 is 0 Å². The molecule has 0 radical (unpaired) electrons. The first-order valence-corrected chi connectivity index (χ1v) is 5.41. The molecule has 0 atom stereocenters. The Morgan fingerprint density at radius 2 is 2.12 bits per heavy atom. The van der Waals surface area contributed by atoms with Gasteiger partial charge in [-0.3, -0.25) is 4.90 Å². The molecular weight excluding hydrogens is 206 g/mol. The molecule has 5 heteroatoms. The van der Waals surface area contributed by atoms with E-state index in [1.807, 2.05) is 6.07 Å². The third-order valence-corrected chi connectivity index (χ3v) is 2.78. The summed E-state index contributed by atoms with van der Waals surface area (Å²) < 4.78 is 5.10. The first-order chi connectivity index (χ1) is 7.79. The van der Waals surface area contributed by atoms with Gasteiger partial charge in [0.25, 0.3) is 0 Å². The number of piperazine rings is 1. The van der Waals surface area contributed by atoms with Crippen LogP contribution >= 0.6 is 0 Å². The third-order valence-electron chi connectivity index (χ3n) is 2.78. The highest BCUT2D eigenvalue weighted by atomic mass is 16.5. The number of rotatable bonds is 3. The molecule has 5 nitrogen and oxygen atoms in total. The van der Waals surface area contributed by atoms with Crippen LogP contribution in [-0.2, 0) is 4.74 Å². The van der Waals surface area contributed by atoms with E-state index in [9.17, 15) is 5.11 Å². The molecular formula is C11H17N3O2. The summed E-state index contributed by atoms with van der Waals surface area (Å²) in [7, 11) is 1.72. The van der Waals surface area contributed by atoms with Gasteiger partial charge in [-0.2, -0.15) is 0 Å². The molecule has 0 saturated carbocycles. The fourth-order valence-corrected chi connectivity index (χ4v) is 1.92. The molecule has 88 valence electrons. The maximum atomic E-state index is 9.31. The Kier molecular flexibility index (Phi) is 3.58. The Bertz CT molecular complexity index is 338. The van der Waals surface area contributed by atoms with Crippen LogP contribution in [0.2, 0.25) is 0 Å². The molecule has 1 fully saturated rings. The fourth-order valence-electron chi connectivity index (χ4n) is 1.92. The summed E-state index contributed by atoms with van der Waals surface area (Å²) in [6.45, 7) is 4.56. The number of aromatic hydroxyl groups is 1. The summed E-state index contributed by atoms with van der Waals surface area (Å²) in [6, 6.07) is 3.62. The molecule has 16 heavy (non-hydrogen) atoms. The highest BCUT2D eigenvalue weighted by molar-refractivity contribution is 5.48. The summed E-state index contributed by atoms with van der Waals surface area (Å²) in [4.78, 5) is 8.28. The van der Waals surface area contributed by atoms with Crippen LogP contribution in [0.4, 0.5) is 5.69 Å². The van der Waals surface area contributed by atoms with Gasteiger partial charge in [0.05, 0.1) is 6.73 Å². The van der Waals surface area contributed by atoms with Crippen LogP contribution in [0.25, 0.3) is 0 Å². The van der Waals surface area contributed by atoms with Crippen molar-refractivity contribution in [1.29, 1.82) is 0 Å². The first kappa shape index (κ1) is 11.2. The molecule has 2 heterocycles. The molecule has 1 N–H and O–H groups in total. The molecule has 1 aromatic heterocycles. The van der Waals surface area contributed by atoms with Gasteiger partial charge in [0.1, 0.15) is 0 Å². The van der Waals surface area contributed by atoms with Gasteiger partial charge < -0.3 is 14.7 Å². The normalized spacial score (nSPS) is 17.7. The molecule has 0 unspecified atom stereocenters. The van der Waals surface area contributed by atoms with E-state index in [-0.39, 0.29) is 5.88 Å². The van der Waals surface area contributed by atoms with Crippen molar-refractivity contribution < 1.29 is 9.84 Å². The number of hydrogen-bond donors (Lipinski definition) is 1. The van der Waals surface area contributed by atoms with Gasteiger partial charge in [-0.05, 0) is 6.07 Å². The molecule has 0 bridgehead atoms. The van der Waals surface area contributed by atoms with E-state index in [0.29, 0.717) is 6.73 Å². The van der Waals surface area contributed by atoms with Crippen molar-refractivity contribution in [3.8, 4) is 5.88 Å². The Balaban J connectivity index is 1.94. The SMILES string of the molecule is COCN1CCN(c2ccnc(O)c2)CC1. The quantitative estimate of drug-likeness (QED) is 0.809. The van der Waals surface area contributed by atoms with Gasteiger partial charge in [-0.15, -0.1) is 0 Å². The second kappa shape index (κ2) is 5.14. The minimum absolute atomic E-state index is 0.0804. The van der Waals surface area contributed by atoms with E-state index in [1.165, 1.54) is 0 Å². The second-order valence-electron chi connectivity index (χ2n) is 3.90. The van der Waals surface area contributed by atoms with Crippen molar-refractivity contribution in [3.05, 3.63) is 18.3 Å². The average molecular weight is 223 g/mol. The molecule has 0 aromatic carbocycles. The number of hydrogen-bond acceptors (Lipinski definition) is 5. The molecule has 0 spiro atoms. The number of aromatic nitrogens is 1. The highest BCUT2D eigenvalue weighted by Gasteiger charge is 2.16. The van der Waals surface area contributed by atoms with Gasteiger partial charge in [0.2, 0.25) is 5.88 Å². The van der Waals surface area contributed by atoms with Crippen LogP contribution in [-0.4, -0.2) is 55.0 Å². The predicted octanol–water partition coefficient (Wildman–Crippen LogP) is 0.513. The van der Waals surface area contributed by atoms with Crippen LogP contribution in [0.3, 0.4) is 0 Å². The topological polar surface area (TPSA) is 48.8 Å². The van der Waals surface area contributed by atoms with Gasteiger partial charge >= 0.3 is 0 Å². The Morgan fingerprint density at radius 1 is 1.38 bits per heavy atom. The van der Waals surface area contributed by atoms with E-state index >= 15 is 0 Å². The van der Waals surface area contributed by atoms with E-state index in [0.717, 1.165) is 31.9 Å². The van der Waals surface area contributed by atoms with Crippen LogP contribution in [0.5, 0.6) is 5.88 Å². The number of nitrogens with zero attached hydrogens (tertiary/aromatic N) is 3. The van der Waals surface area contributed by atoms with Gasteiger partial charge in [-0.1, -0.05) is 0 Å². The molecule has 0 amide bonds. The van der Waals surface area contributed by atoms with Crippen molar-refractivity contribution in [2.75, 3.05) is 44.9 Å². The standard InChI is InChI=1S/C11H17N3O2/c1-16-9-13-4-6-14(7-5-13)10-2-3-12-11(15)8-10/h2-3,8H,4-7,9H2,1H3,(H,12,15). The maximum Gasteiger partial charge on any atom is 0.212 e. The Hall–Kier alpha value is -1.33. The van der Waals surface area contributed by atoms with E-state index in [2.05, 4.69) is 14.8 Å². The van der Waals surface area contributed by atoms with E-state index in [4.69, 9.17) is 4.74 Å². The average Bonchev–Trinajstić information content (AvgIpc) is 2.30. The van der Waals surface area contributed by atoms with Crippen molar-refractivity contribution in [2.24, 2.45) is 0 Å². The minimum atomic E-state index is 0.0804. The summed E-state index contributed by atoms with van der Waals surface area (Å²) >= 11 is 0. The Labute approximate surface area is 95.3 Å². The molecule has 2 rings (SSSR count). The number of methoxy groups -OCH3 is 1. The summed E-state index contributed by atoms with van der Waals surface area (Å²) in [5.74, 6) is 0.0804. The highest BCUT2D eigenvalue weighted by Crippen LogP contribution is 2.19. The maximum absolute atomic E-state index is 9.31. The van der Waals surface area contributed by atoms with Gasteiger partial charge in [0.15, 0.2) is 0 Å². The third kappa shape index (κ3) is 2.62. The van der Waals surface area contributed by atoms with Crippen LogP contribution in [0, 0.1) is 0 Å². The lowest BCUT2D eigenvalue weighted by molar-refractivity contribution is 0.0596. The zero-order chi connectivity index (χ0) is 11.4. The predicted molar refractivity (Wildman–Crippen MR) is 61.6 cm³/mol. The van der Waals surface area contributed by atoms with Crippen molar-refractivity contribution in [2.45, 2.75) is 0 Å². The molecule has 1 aliphatic heterocycles. The molecule has 1 aromatic rings. The molecule has 1 saturated heterocycles. The minimum Gasteiger partial charge on any atom is -0.493 e. The van der Waals surface area contributed by atoms with Gasteiger partial charge in [-0.25, -0.2) is 4.98 Å². The summed E-state index contributed by atoms with van der Waals surface area (Å²) in [5, 5.41) is 9.31. The molecule has 1 aliphatic rings. The number of ether oxygens (including phenoxy) is 1. The summed E-state index contributed by atoms with van der Waals surface area (Å²) in [6.07, 6.45) is 1.63. The summed E-state index contributed by atoms with van der Waals surface area (Å²) in [5.41, 5.74) is 1.03. The smallest absolute Gasteiger partial charge is 0.212 e.